The van der Waals surface area contributed by atoms with Gasteiger partial charge in [0.05, 0.1) is 5.56 Å². The molecule has 0 saturated heterocycles. The lowest BCUT2D eigenvalue weighted by Gasteiger charge is -2.14. The number of halogens is 4. The van der Waals surface area contributed by atoms with Gasteiger partial charge in [-0.2, -0.15) is 13.2 Å². The summed E-state index contributed by atoms with van der Waals surface area (Å²) in [4.78, 5) is 10.4. The van der Waals surface area contributed by atoms with Crippen LogP contribution in [-0.4, -0.2) is 11.1 Å². The van der Waals surface area contributed by atoms with E-state index >= 15 is 0 Å². The number of carboxylic acid groups (broad SMARTS) is 1. The van der Waals surface area contributed by atoms with E-state index in [-0.39, 0.29) is 17.9 Å². The van der Waals surface area contributed by atoms with Crippen LogP contribution in [-0.2, 0) is 11.0 Å². The fourth-order valence-corrected chi connectivity index (χ4v) is 1.76. The van der Waals surface area contributed by atoms with Crippen LogP contribution >= 0.6 is 11.6 Å². The van der Waals surface area contributed by atoms with Crippen molar-refractivity contribution in [3.05, 3.63) is 34.3 Å². The number of carbonyl (C=O) groups is 1. The highest BCUT2D eigenvalue weighted by Crippen LogP contribution is 2.34. The van der Waals surface area contributed by atoms with Crippen molar-refractivity contribution in [1.29, 1.82) is 0 Å². The molecule has 0 bridgehead atoms. The van der Waals surface area contributed by atoms with Crippen molar-refractivity contribution in [3.8, 4) is 0 Å². The predicted molar refractivity (Wildman–Crippen MR) is 60.3 cm³/mol. The smallest absolute Gasteiger partial charge is 0.416 e. The van der Waals surface area contributed by atoms with Crippen molar-refractivity contribution in [2.24, 2.45) is 5.73 Å². The minimum absolute atomic E-state index is 0.109. The lowest BCUT2D eigenvalue weighted by Crippen LogP contribution is -2.14. The van der Waals surface area contributed by atoms with Crippen molar-refractivity contribution in [1.82, 2.24) is 0 Å². The van der Waals surface area contributed by atoms with Gasteiger partial charge in [-0.1, -0.05) is 17.7 Å². The molecule has 1 aromatic rings. The van der Waals surface area contributed by atoms with E-state index in [1.807, 2.05) is 0 Å². The van der Waals surface area contributed by atoms with Crippen molar-refractivity contribution in [2.45, 2.75) is 25.1 Å². The maximum atomic E-state index is 12.4. The van der Waals surface area contributed by atoms with E-state index < -0.39 is 23.8 Å². The molecular formula is C11H11ClF3NO2. The van der Waals surface area contributed by atoms with Gasteiger partial charge in [-0.3, -0.25) is 4.79 Å². The quantitative estimate of drug-likeness (QED) is 0.890. The molecule has 0 amide bonds. The molecule has 1 rings (SSSR count). The van der Waals surface area contributed by atoms with Gasteiger partial charge in [0.1, 0.15) is 0 Å². The molecule has 0 aliphatic carbocycles. The first-order valence-electron chi connectivity index (χ1n) is 5.06. The van der Waals surface area contributed by atoms with Crippen LogP contribution in [0.5, 0.6) is 0 Å². The Hall–Kier alpha value is -1.27. The maximum absolute atomic E-state index is 12.4. The summed E-state index contributed by atoms with van der Waals surface area (Å²) in [5, 5.41) is 8.38. The van der Waals surface area contributed by atoms with Crippen LogP contribution in [0.25, 0.3) is 0 Å². The third-order valence-electron chi connectivity index (χ3n) is 2.40. The van der Waals surface area contributed by atoms with E-state index in [1.54, 1.807) is 0 Å². The molecule has 0 saturated carbocycles. The molecule has 3 N–H and O–H groups in total. The molecule has 1 unspecified atom stereocenters. The van der Waals surface area contributed by atoms with E-state index in [4.69, 9.17) is 22.4 Å². The summed E-state index contributed by atoms with van der Waals surface area (Å²) in [5.41, 5.74) is 5.13. The highest BCUT2D eigenvalue weighted by molar-refractivity contribution is 6.31. The molecule has 0 fully saturated rings. The van der Waals surface area contributed by atoms with E-state index in [1.165, 1.54) is 6.07 Å². The summed E-state index contributed by atoms with van der Waals surface area (Å²) in [7, 11) is 0. The van der Waals surface area contributed by atoms with Crippen molar-refractivity contribution >= 4 is 17.6 Å². The molecule has 100 valence electrons. The topological polar surface area (TPSA) is 63.3 Å². The van der Waals surface area contributed by atoms with E-state index in [9.17, 15) is 18.0 Å². The third kappa shape index (κ3) is 3.89. The highest BCUT2D eigenvalue weighted by Gasteiger charge is 2.31. The van der Waals surface area contributed by atoms with Gasteiger partial charge in [0, 0.05) is 17.5 Å². The minimum Gasteiger partial charge on any atom is -0.481 e. The zero-order valence-corrected chi connectivity index (χ0v) is 9.92. The second kappa shape index (κ2) is 5.58. The number of hydrogen-bond acceptors (Lipinski definition) is 2. The van der Waals surface area contributed by atoms with Crippen LogP contribution in [0.4, 0.5) is 13.2 Å². The number of carboxylic acids is 1. The molecule has 0 spiro atoms. The zero-order valence-electron chi connectivity index (χ0n) is 9.17. The molecular weight excluding hydrogens is 271 g/mol. The summed E-state index contributed by atoms with van der Waals surface area (Å²) in [6, 6.07) is 2.15. The summed E-state index contributed by atoms with van der Waals surface area (Å²) < 4.78 is 37.2. The Morgan fingerprint density at radius 2 is 2.06 bits per heavy atom. The number of benzene rings is 1. The van der Waals surface area contributed by atoms with Gasteiger partial charge in [-0.25, -0.2) is 0 Å². The van der Waals surface area contributed by atoms with Crippen molar-refractivity contribution < 1.29 is 23.1 Å². The van der Waals surface area contributed by atoms with Crippen LogP contribution in [0.3, 0.4) is 0 Å². The Kier molecular flexibility index (Phi) is 4.59. The fourth-order valence-electron chi connectivity index (χ4n) is 1.44. The minimum atomic E-state index is -4.46. The Bertz CT molecular complexity index is 448. The molecule has 7 heteroatoms. The van der Waals surface area contributed by atoms with Crippen LogP contribution < -0.4 is 5.73 Å². The Morgan fingerprint density at radius 3 is 2.50 bits per heavy atom. The number of aliphatic carboxylic acids is 1. The fraction of sp³-hybridized carbons (Fsp3) is 0.364. The van der Waals surface area contributed by atoms with Gasteiger partial charge < -0.3 is 10.8 Å². The molecule has 1 atom stereocenters. The number of alkyl halides is 3. The van der Waals surface area contributed by atoms with Gasteiger partial charge in [0.2, 0.25) is 0 Å². The van der Waals surface area contributed by atoms with Crippen LogP contribution in [0.2, 0.25) is 5.02 Å². The highest BCUT2D eigenvalue weighted by atomic mass is 35.5. The normalized spacial score (nSPS) is 13.4. The number of hydrogen-bond donors (Lipinski definition) is 2. The zero-order chi connectivity index (χ0) is 13.9. The molecule has 0 aromatic heterocycles. The maximum Gasteiger partial charge on any atom is 0.416 e. The molecule has 18 heavy (non-hydrogen) atoms. The second-order valence-corrected chi connectivity index (χ2v) is 4.18. The monoisotopic (exact) mass is 281 g/mol. The number of nitrogens with two attached hydrogens (primary N) is 1. The first kappa shape index (κ1) is 14.8. The average molecular weight is 282 g/mol. The molecule has 0 radical (unpaired) electrons. The molecule has 1 aromatic carbocycles. The van der Waals surface area contributed by atoms with Crippen LogP contribution in [0.1, 0.15) is 30.0 Å². The summed E-state index contributed by atoms with van der Waals surface area (Å²) >= 11 is 5.72. The van der Waals surface area contributed by atoms with Gasteiger partial charge >= 0.3 is 12.1 Å². The summed E-state index contributed by atoms with van der Waals surface area (Å²) in [6.45, 7) is 0. The Balaban J connectivity index is 2.88. The summed E-state index contributed by atoms with van der Waals surface area (Å²) in [6.07, 6.45) is -4.52. The first-order valence-corrected chi connectivity index (χ1v) is 5.43. The second-order valence-electron chi connectivity index (χ2n) is 3.77. The Labute approximate surface area is 106 Å². The molecule has 0 heterocycles. The van der Waals surface area contributed by atoms with E-state index in [0.29, 0.717) is 5.56 Å². The molecule has 0 aliphatic heterocycles. The third-order valence-corrected chi connectivity index (χ3v) is 2.72. The van der Waals surface area contributed by atoms with Crippen LogP contribution in [0.15, 0.2) is 18.2 Å². The van der Waals surface area contributed by atoms with E-state index in [2.05, 4.69) is 0 Å². The predicted octanol–water partition coefficient (Wildman–Crippen LogP) is 3.22. The van der Waals surface area contributed by atoms with Crippen LogP contribution in [0, 0.1) is 0 Å². The van der Waals surface area contributed by atoms with Gasteiger partial charge in [0.15, 0.2) is 0 Å². The molecule has 0 aliphatic rings. The summed E-state index contributed by atoms with van der Waals surface area (Å²) in [5.74, 6) is -1.02. The Morgan fingerprint density at radius 1 is 1.44 bits per heavy atom. The van der Waals surface area contributed by atoms with Gasteiger partial charge in [-0.05, 0) is 24.1 Å². The number of rotatable bonds is 4. The van der Waals surface area contributed by atoms with Crippen molar-refractivity contribution in [3.63, 3.8) is 0 Å². The average Bonchev–Trinajstić information content (AvgIpc) is 2.24. The van der Waals surface area contributed by atoms with Gasteiger partial charge in [-0.15, -0.1) is 0 Å². The van der Waals surface area contributed by atoms with Gasteiger partial charge in [0.25, 0.3) is 0 Å². The largest absolute Gasteiger partial charge is 0.481 e. The standard InChI is InChI=1S/C11H11ClF3NO2/c12-8-5-6(11(13,14)15)1-2-7(8)9(16)3-4-10(17)18/h1-2,5,9H,3-4,16H2,(H,17,18). The molecule has 3 nitrogen and oxygen atoms in total. The SMILES string of the molecule is NC(CCC(=O)O)c1ccc(C(F)(F)F)cc1Cl. The first-order chi connectivity index (χ1) is 8.21. The van der Waals surface area contributed by atoms with E-state index in [0.717, 1.165) is 12.1 Å². The lowest BCUT2D eigenvalue weighted by molar-refractivity contribution is -0.138. The lowest BCUT2D eigenvalue weighted by atomic mass is 10.0. The van der Waals surface area contributed by atoms with Crippen molar-refractivity contribution in [2.75, 3.05) is 0 Å².